The summed E-state index contributed by atoms with van der Waals surface area (Å²) in [5.41, 5.74) is 0. The molecule has 0 aromatic rings. The Morgan fingerprint density at radius 2 is 1.00 bits per heavy atom. The molecule has 0 unspecified atom stereocenters. The van der Waals surface area contributed by atoms with Crippen LogP contribution < -0.4 is 0 Å². The molecular formula is C17H42O5Si4. The second-order valence-electron chi connectivity index (χ2n) is 11.1. The molecule has 1 aliphatic rings. The Hall–Kier alpha value is 0.668. The fourth-order valence-electron chi connectivity index (χ4n) is 2.69. The molecule has 0 amide bonds. The first-order valence-electron chi connectivity index (χ1n) is 9.69. The summed E-state index contributed by atoms with van der Waals surface area (Å²) in [7, 11) is -6.99. The van der Waals surface area contributed by atoms with Crippen LogP contribution in [0.2, 0.25) is 78.6 Å². The monoisotopic (exact) mass is 438 g/mol. The maximum atomic E-state index is 6.56. The van der Waals surface area contributed by atoms with E-state index in [0.717, 1.165) is 0 Å². The predicted molar refractivity (Wildman–Crippen MR) is 119 cm³/mol. The fourth-order valence-corrected chi connectivity index (χ4v) is 6.40. The van der Waals surface area contributed by atoms with Crippen LogP contribution in [0.15, 0.2) is 0 Å². The highest BCUT2D eigenvalue weighted by Gasteiger charge is 2.51. The molecule has 1 heterocycles. The molecule has 0 aromatic carbocycles. The van der Waals surface area contributed by atoms with Crippen LogP contribution in [-0.2, 0) is 22.4 Å². The first-order chi connectivity index (χ1) is 11.4. The third-order valence-corrected chi connectivity index (χ3v) is 7.33. The second kappa shape index (κ2) is 8.58. The lowest BCUT2D eigenvalue weighted by molar-refractivity contribution is -0.116. The lowest BCUT2D eigenvalue weighted by Gasteiger charge is -2.35. The van der Waals surface area contributed by atoms with E-state index in [4.69, 9.17) is 22.4 Å². The van der Waals surface area contributed by atoms with Crippen LogP contribution in [-0.4, -0.2) is 64.5 Å². The molecule has 0 spiro atoms. The van der Waals surface area contributed by atoms with Crippen LogP contribution in [0.1, 0.15) is 0 Å². The molecule has 0 saturated carbocycles. The summed E-state index contributed by atoms with van der Waals surface area (Å²) < 4.78 is 32.0. The SMILES string of the molecule is C[Si](C)(C)OC[C@H]1O[C@@H](O[Si](C)(C)C)[C@H](O[Si](C)(C)C)[C@H]1O[Si](C)(C)C. The molecule has 0 radical (unpaired) electrons. The van der Waals surface area contributed by atoms with E-state index < -0.39 is 33.3 Å². The second-order valence-corrected chi connectivity index (χ2v) is 29.0. The van der Waals surface area contributed by atoms with Gasteiger partial charge >= 0.3 is 0 Å². The van der Waals surface area contributed by atoms with Gasteiger partial charge in [0.1, 0.15) is 18.3 Å². The minimum Gasteiger partial charge on any atom is -0.415 e. The van der Waals surface area contributed by atoms with Crippen molar-refractivity contribution in [2.75, 3.05) is 6.61 Å². The summed E-state index contributed by atoms with van der Waals surface area (Å²) in [6, 6.07) is 0. The third kappa shape index (κ3) is 9.74. The molecule has 0 bridgehead atoms. The molecule has 1 aliphatic heterocycles. The summed E-state index contributed by atoms with van der Waals surface area (Å²) in [5.74, 6) is 0. The zero-order valence-corrected chi connectivity index (χ0v) is 23.1. The van der Waals surface area contributed by atoms with Gasteiger partial charge in [0, 0.05) is 0 Å². The Labute approximate surface area is 165 Å². The number of rotatable bonds is 9. The summed E-state index contributed by atoms with van der Waals surface area (Å²) in [6.07, 6.45) is -0.831. The van der Waals surface area contributed by atoms with Crippen molar-refractivity contribution in [3.05, 3.63) is 0 Å². The molecule has 26 heavy (non-hydrogen) atoms. The van der Waals surface area contributed by atoms with Crippen molar-refractivity contribution in [1.29, 1.82) is 0 Å². The molecule has 1 rings (SSSR count). The van der Waals surface area contributed by atoms with E-state index in [1.54, 1.807) is 0 Å². The minimum absolute atomic E-state index is 0.133. The first-order valence-corrected chi connectivity index (χ1v) is 23.3. The summed E-state index contributed by atoms with van der Waals surface area (Å²) in [5, 5.41) is 0. The van der Waals surface area contributed by atoms with Crippen LogP contribution in [0, 0.1) is 0 Å². The van der Waals surface area contributed by atoms with Crippen LogP contribution >= 0.6 is 0 Å². The average Bonchev–Trinajstić information content (AvgIpc) is 2.59. The molecule has 5 nitrogen and oxygen atoms in total. The Kier molecular flexibility index (Phi) is 8.15. The standard InChI is InChI=1S/C17H42O5Si4/c1-23(2,3)18-13-14-15(20-24(4,5)6)16(21-25(7,8)9)17(19-14)22-26(10,11)12/h14-17H,13H2,1-12H3/t14-,15+,16-,17+/m1/s1. The highest BCUT2D eigenvalue weighted by atomic mass is 28.4. The zero-order valence-electron chi connectivity index (χ0n) is 19.1. The summed E-state index contributed by atoms with van der Waals surface area (Å²) in [6.45, 7) is 26.9. The number of ether oxygens (including phenoxy) is 1. The predicted octanol–water partition coefficient (Wildman–Crippen LogP) is 4.85. The Balaban J connectivity index is 3.10. The van der Waals surface area contributed by atoms with E-state index in [-0.39, 0.29) is 24.6 Å². The smallest absolute Gasteiger partial charge is 0.187 e. The van der Waals surface area contributed by atoms with Gasteiger partial charge in [0.15, 0.2) is 39.6 Å². The van der Waals surface area contributed by atoms with Gasteiger partial charge in [-0.1, -0.05) is 0 Å². The van der Waals surface area contributed by atoms with Crippen LogP contribution in [0.4, 0.5) is 0 Å². The van der Waals surface area contributed by atoms with Crippen molar-refractivity contribution in [3.8, 4) is 0 Å². The van der Waals surface area contributed by atoms with Gasteiger partial charge in [0.05, 0.1) is 6.61 Å². The molecule has 4 atom stereocenters. The molecule has 0 aromatic heterocycles. The highest BCUT2D eigenvalue weighted by Crippen LogP contribution is 2.33. The van der Waals surface area contributed by atoms with Gasteiger partial charge < -0.3 is 22.4 Å². The van der Waals surface area contributed by atoms with Crippen LogP contribution in [0.5, 0.6) is 0 Å². The van der Waals surface area contributed by atoms with E-state index in [1.165, 1.54) is 0 Å². The van der Waals surface area contributed by atoms with Gasteiger partial charge in [-0.3, -0.25) is 0 Å². The van der Waals surface area contributed by atoms with Crippen molar-refractivity contribution in [2.24, 2.45) is 0 Å². The van der Waals surface area contributed by atoms with E-state index in [2.05, 4.69) is 78.6 Å². The summed E-state index contributed by atoms with van der Waals surface area (Å²) in [4.78, 5) is 0. The van der Waals surface area contributed by atoms with Crippen LogP contribution in [0.25, 0.3) is 0 Å². The maximum Gasteiger partial charge on any atom is 0.187 e. The minimum atomic E-state index is -1.79. The molecular weight excluding hydrogens is 397 g/mol. The lowest BCUT2D eigenvalue weighted by Crippen LogP contribution is -2.50. The topological polar surface area (TPSA) is 46.2 Å². The maximum absolute atomic E-state index is 6.56. The van der Waals surface area contributed by atoms with Gasteiger partial charge in [-0.2, -0.15) is 0 Å². The molecule has 156 valence electrons. The van der Waals surface area contributed by atoms with Crippen molar-refractivity contribution >= 4 is 33.3 Å². The third-order valence-electron chi connectivity index (χ3n) is 3.40. The molecule has 1 saturated heterocycles. The average molecular weight is 439 g/mol. The van der Waals surface area contributed by atoms with E-state index >= 15 is 0 Å². The molecule has 1 fully saturated rings. The largest absolute Gasteiger partial charge is 0.415 e. The zero-order chi connectivity index (χ0) is 20.6. The highest BCUT2D eigenvalue weighted by molar-refractivity contribution is 6.71. The number of hydrogen-bond donors (Lipinski definition) is 0. The van der Waals surface area contributed by atoms with E-state index in [1.807, 2.05) is 0 Å². The van der Waals surface area contributed by atoms with Gasteiger partial charge in [0.2, 0.25) is 0 Å². The Morgan fingerprint density at radius 3 is 1.38 bits per heavy atom. The van der Waals surface area contributed by atoms with E-state index in [0.29, 0.717) is 6.61 Å². The molecule has 0 aliphatic carbocycles. The van der Waals surface area contributed by atoms with E-state index in [9.17, 15) is 0 Å². The Bertz CT molecular complexity index is 448. The van der Waals surface area contributed by atoms with Crippen molar-refractivity contribution in [3.63, 3.8) is 0 Å². The van der Waals surface area contributed by atoms with Crippen molar-refractivity contribution in [1.82, 2.24) is 0 Å². The van der Waals surface area contributed by atoms with Crippen LogP contribution in [0.3, 0.4) is 0 Å². The molecule has 9 heteroatoms. The first kappa shape index (κ1) is 24.7. The Morgan fingerprint density at radius 1 is 0.577 bits per heavy atom. The summed E-state index contributed by atoms with van der Waals surface area (Å²) >= 11 is 0. The van der Waals surface area contributed by atoms with Gasteiger partial charge in [-0.15, -0.1) is 0 Å². The normalized spacial score (nSPS) is 28.6. The van der Waals surface area contributed by atoms with Gasteiger partial charge in [-0.25, -0.2) is 0 Å². The van der Waals surface area contributed by atoms with Crippen molar-refractivity contribution in [2.45, 2.75) is 103 Å². The number of hydrogen-bond acceptors (Lipinski definition) is 5. The fraction of sp³-hybridized carbons (Fsp3) is 1.00. The van der Waals surface area contributed by atoms with Gasteiger partial charge in [-0.05, 0) is 78.6 Å². The quantitative estimate of drug-likeness (QED) is 0.481. The lowest BCUT2D eigenvalue weighted by atomic mass is 10.1. The van der Waals surface area contributed by atoms with Crippen molar-refractivity contribution < 1.29 is 22.4 Å². The van der Waals surface area contributed by atoms with Gasteiger partial charge in [0.25, 0.3) is 0 Å². The molecule has 0 N–H and O–H groups in total.